The fourth-order valence-corrected chi connectivity index (χ4v) is 3.39. The Morgan fingerprint density at radius 2 is 2.09 bits per heavy atom. The van der Waals surface area contributed by atoms with E-state index in [-0.39, 0.29) is 18.4 Å². The Morgan fingerprint density at radius 1 is 1.30 bits per heavy atom. The lowest BCUT2D eigenvalue weighted by atomic mass is 10.2. The molecule has 0 spiro atoms. The van der Waals surface area contributed by atoms with Crippen molar-refractivity contribution in [2.75, 3.05) is 6.61 Å². The Morgan fingerprint density at radius 3 is 2.78 bits per heavy atom. The molecule has 1 heterocycles. The molecule has 0 radical (unpaired) electrons. The quantitative estimate of drug-likeness (QED) is 0.762. The van der Waals surface area contributed by atoms with Gasteiger partial charge in [-0.25, -0.2) is 0 Å². The Balaban J connectivity index is 2.46. The van der Waals surface area contributed by atoms with E-state index in [0.29, 0.717) is 17.8 Å². The monoisotopic (exact) mass is 334 g/mol. The summed E-state index contributed by atoms with van der Waals surface area (Å²) in [5, 5.41) is 0. The number of benzene rings is 1. The number of aromatic nitrogens is 1. The van der Waals surface area contributed by atoms with Gasteiger partial charge >= 0.3 is 5.97 Å². The molecule has 0 aliphatic rings. The molecule has 1 aromatic heterocycles. The number of hydrogen-bond donors (Lipinski definition) is 0. The highest BCUT2D eigenvalue weighted by molar-refractivity contribution is 7.16. The number of carbonyl (C=O) groups is 2. The minimum Gasteiger partial charge on any atom is -0.465 e. The largest absolute Gasteiger partial charge is 0.465 e. The number of nitrogens with zero attached hydrogens (tertiary/aromatic N) is 2. The van der Waals surface area contributed by atoms with E-state index in [0.717, 1.165) is 28.6 Å². The molecule has 0 saturated carbocycles. The number of ether oxygens (including phenoxy) is 1. The highest BCUT2D eigenvalue weighted by Crippen LogP contribution is 2.19. The minimum absolute atomic E-state index is 0.0663. The van der Waals surface area contributed by atoms with Crippen molar-refractivity contribution < 1.29 is 14.3 Å². The molecule has 0 atom stereocenters. The second-order valence-electron chi connectivity index (χ2n) is 5.36. The summed E-state index contributed by atoms with van der Waals surface area (Å²) in [7, 11) is 0. The van der Waals surface area contributed by atoms with Gasteiger partial charge in [-0.05, 0) is 38.0 Å². The third-order valence-corrected chi connectivity index (χ3v) is 4.44. The molecule has 6 heteroatoms. The van der Waals surface area contributed by atoms with Crippen molar-refractivity contribution in [1.29, 1.82) is 0 Å². The second-order valence-corrected chi connectivity index (χ2v) is 6.37. The maximum absolute atomic E-state index is 12.0. The fraction of sp³-hybridized carbons (Fsp3) is 0.471. The van der Waals surface area contributed by atoms with Crippen LogP contribution in [0.1, 0.15) is 38.7 Å². The molecule has 1 amide bonds. The van der Waals surface area contributed by atoms with E-state index in [2.05, 4.69) is 4.99 Å². The normalized spacial score (nSPS) is 11.9. The molecule has 23 heavy (non-hydrogen) atoms. The summed E-state index contributed by atoms with van der Waals surface area (Å²) in [5.74, 6) is -0.469. The van der Waals surface area contributed by atoms with Crippen LogP contribution in [0.25, 0.3) is 10.2 Å². The predicted molar refractivity (Wildman–Crippen MR) is 91.3 cm³/mol. The summed E-state index contributed by atoms with van der Waals surface area (Å²) in [6, 6.07) is 5.98. The lowest BCUT2D eigenvalue weighted by Gasteiger charge is -2.05. The van der Waals surface area contributed by atoms with Crippen LogP contribution in [-0.4, -0.2) is 23.1 Å². The molecule has 124 valence electrons. The second kappa shape index (κ2) is 8.06. The molecule has 2 aromatic rings. The lowest BCUT2D eigenvalue weighted by molar-refractivity contribution is -0.143. The number of unbranched alkanes of at least 4 members (excludes halogenated alkanes) is 1. The van der Waals surface area contributed by atoms with Crippen LogP contribution < -0.4 is 4.80 Å². The Hall–Kier alpha value is -1.95. The van der Waals surface area contributed by atoms with Gasteiger partial charge in [-0.1, -0.05) is 30.7 Å². The first-order valence-electron chi connectivity index (χ1n) is 7.88. The number of fused-ring (bicyclic) bond motifs is 1. The van der Waals surface area contributed by atoms with E-state index < -0.39 is 0 Å². The standard InChI is InChI=1S/C17H22N2O3S/c1-4-6-7-15(20)18-17-19(11-16(21)22-5-2)13-9-8-12(3)10-14(13)23-17/h8-10H,4-7,11H2,1-3H3. The Labute approximate surface area is 139 Å². The van der Waals surface area contributed by atoms with E-state index in [9.17, 15) is 9.59 Å². The van der Waals surface area contributed by atoms with Gasteiger partial charge in [0, 0.05) is 6.42 Å². The molecule has 5 nitrogen and oxygen atoms in total. The zero-order chi connectivity index (χ0) is 16.8. The van der Waals surface area contributed by atoms with Gasteiger partial charge in [0.1, 0.15) is 6.54 Å². The lowest BCUT2D eigenvalue weighted by Crippen LogP contribution is -2.23. The number of aryl methyl sites for hydroxylation is 1. The molecule has 0 aliphatic heterocycles. The molecule has 0 saturated heterocycles. The molecule has 0 N–H and O–H groups in total. The maximum atomic E-state index is 12.0. The van der Waals surface area contributed by atoms with Gasteiger partial charge in [0.25, 0.3) is 0 Å². The van der Waals surface area contributed by atoms with Crippen LogP contribution >= 0.6 is 11.3 Å². The van der Waals surface area contributed by atoms with Gasteiger partial charge in [-0.15, -0.1) is 0 Å². The zero-order valence-electron chi connectivity index (χ0n) is 13.8. The van der Waals surface area contributed by atoms with Crippen molar-refractivity contribution in [1.82, 2.24) is 4.57 Å². The highest BCUT2D eigenvalue weighted by Gasteiger charge is 2.12. The number of hydrogen-bond acceptors (Lipinski definition) is 4. The Bertz CT molecular complexity index is 774. The van der Waals surface area contributed by atoms with Crippen LogP contribution in [0.3, 0.4) is 0 Å². The predicted octanol–water partition coefficient (Wildman–Crippen LogP) is 3.19. The maximum Gasteiger partial charge on any atom is 0.326 e. The number of rotatable bonds is 6. The van der Waals surface area contributed by atoms with Gasteiger partial charge < -0.3 is 9.30 Å². The average Bonchev–Trinajstić information content (AvgIpc) is 2.82. The van der Waals surface area contributed by atoms with Crippen LogP contribution in [0.4, 0.5) is 0 Å². The molecule has 1 aromatic carbocycles. The van der Waals surface area contributed by atoms with E-state index in [1.54, 1.807) is 11.5 Å². The van der Waals surface area contributed by atoms with Crippen molar-refractivity contribution in [2.24, 2.45) is 4.99 Å². The summed E-state index contributed by atoms with van der Waals surface area (Å²) in [4.78, 5) is 28.6. The molecular formula is C17H22N2O3S. The smallest absolute Gasteiger partial charge is 0.326 e. The first-order valence-corrected chi connectivity index (χ1v) is 8.70. The first-order chi connectivity index (χ1) is 11.0. The van der Waals surface area contributed by atoms with Crippen molar-refractivity contribution in [3.63, 3.8) is 0 Å². The summed E-state index contributed by atoms with van der Waals surface area (Å²) >= 11 is 1.43. The van der Waals surface area contributed by atoms with Gasteiger partial charge in [-0.2, -0.15) is 4.99 Å². The van der Waals surface area contributed by atoms with Crippen LogP contribution in [0.15, 0.2) is 23.2 Å². The number of thiazole rings is 1. The molecule has 0 aliphatic carbocycles. The SMILES string of the molecule is CCCCC(=O)N=c1sc2cc(C)ccc2n1CC(=O)OCC. The summed E-state index contributed by atoms with van der Waals surface area (Å²) < 4.78 is 7.81. The van der Waals surface area contributed by atoms with Crippen molar-refractivity contribution in [2.45, 2.75) is 46.6 Å². The van der Waals surface area contributed by atoms with E-state index in [1.165, 1.54) is 11.3 Å². The van der Waals surface area contributed by atoms with Crippen LogP contribution in [0, 0.1) is 6.92 Å². The van der Waals surface area contributed by atoms with E-state index >= 15 is 0 Å². The topological polar surface area (TPSA) is 60.7 Å². The third kappa shape index (κ3) is 4.51. The summed E-state index contributed by atoms with van der Waals surface area (Å²) in [6.45, 7) is 6.23. The number of carbonyl (C=O) groups excluding carboxylic acids is 2. The Kier molecular flexibility index (Phi) is 6.10. The fourth-order valence-electron chi connectivity index (χ4n) is 2.24. The highest BCUT2D eigenvalue weighted by atomic mass is 32.1. The third-order valence-electron chi connectivity index (χ3n) is 3.40. The van der Waals surface area contributed by atoms with Crippen molar-refractivity contribution in [3.8, 4) is 0 Å². The van der Waals surface area contributed by atoms with Crippen LogP contribution in [-0.2, 0) is 20.9 Å². The molecule has 2 rings (SSSR count). The van der Waals surface area contributed by atoms with Crippen LogP contribution in [0.5, 0.6) is 0 Å². The average molecular weight is 334 g/mol. The molecular weight excluding hydrogens is 312 g/mol. The van der Waals surface area contributed by atoms with Crippen molar-refractivity contribution >= 4 is 33.4 Å². The van der Waals surface area contributed by atoms with Gasteiger partial charge in [0.2, 0.25) is 5.91 Å². The van der Waals surface area contributed by atoms with Gasteiger partial charge in [0.05, 0.1) is 16.8 Å². The first kappa shape index (κ1) is 17.4. The van der Waals surface area contributed by atoms with E-state index in [4.69, 9.17) is 4.74 Å². The summed E-state index contributed by atoms with van der Waals surface area (Å²) in [5.41, 5.74) is 2.03. The molecule has 0 bridgehead atoms. The molecule has 0 unspecified atom stereocenters. The van der Waals surface area contributed by atoms with Crippen LogP contribution in [0.2, 0.25) is 0 Å². The number of esters is 1. The number of amides is 1. The summed E-state index contributed by atoms with van der Waals surface area (Å²) in [6.07, 6.45) is 2.21. The van der Waals surface area contributed by atoms with E-state index in [1.807, 2.05) is 32.0 Å². The van der Waals surface area contributed by atoms with Gasteiger partial charge in [0.15, 0.2) is 4.80 Å². The zero-order valence-corrected chi connectivity index (χ0v) is 14.6. The van der Waals surface area contributed by atoms with Crippen molar-refractivity contribution in [3.05, 3.63) is 28.6 Å². The molecule has 0 fully saturated rings. The minimum atomic E-state index is -0.324. The van der Waals surface area contributed by atoms with Gasteiger partial charge in [-0.3, -0.25) is 9.59 Å².